The van der Waals surface area contributed by atoms with Crippen molar-refractivity contribution in [3.8, 4) is 0 Å². The number of aromatic nitrogens is 2. The van der Waals surface area contributed by atoms with E-state index in [1.165, 1.54) is 6.20 Å². The topological polar surface area (TPSA) is 76.1 Å². The van der Waals surface area contributed by atoms with Crippen molar-refractivity contribution in [3.63, 3.8) is 0 Å². The lowest BCUT2D eigenvalue weighted by molar-refractivity contribution is 0.102. The Labute approximate surface area is 128 Å². The Morgan fingerprint density at radius 2 is 2.09 bits per heavy atom. The molecular weight excluding hydrogens is 280 g/mol. The Bertz CT molecular complexity index is 610. The summed E-state index contributed by atoms with van der Waals surface area (Å²) in [5.74, 6) is 0.371. The fraction of sp³-hybridized carbons (Fsp3) is 0.312. The second kappa shape index (κ2) is 7.00. The standard InChI is InChI=1S/C16H18N4O2/c21-16(20-12-5-2-1-3-6-12)14-10-19-15(11-17-14)18-9-13-7-4-8-22-13/h1-3,5-6,10-11,13H,4,7-9H2,(H,18,19)(H,20,21). The van der Waals surface area contributed by atoms with Gasteiger partial charge in [0.15, 0.2) is 0 Å². The highest BCUT2D eigenvalue weighted by atomic mass is 16.5. The normalized spacial score (nSPS) is 17.2. The Kier molecular flexibility index (Phi) is 4.60. The predicted molar refractivity (Wildman–Crippen MR) is 83.9 cm³/mol. The highest BCUT2D eigenvalue weighted by Gasteiger charge is 2.15. The molecule has 1 amide bonds. The SMILES string of the molecule is O=C(Nc1ccccc1)c1cnc(NCC2CCCO2)cn1. The average Bonchev–Trinajstić information content (AvgIpc) is 3.08. The van der Waals surface area contributed by atoms with E-state index in [1.807, 2.05) is 30.3 Å². The summed E-state index contributed by atoms with van der Waals surface area (Å²) in [6.45, 7) is 1.54. The number of hydrogen-bond acceptors (Lipinski definition) is 5. The number of carbonyl (C=O) groups excluding carboxylic acids is 1. The quantitative estimate of drug-likeness (QED) is 0.886. The van der Waals surface area contributed by atoms with Crippen LogP contribution in [-0.2, 0) is 4.74 Å². The molecule has 0 saturated carbocycles. The van der Waals surface area contributed by atoms with Crippen molar-refractivity contribution < 1.29 is 9.53 Å². The maximum absolute atomic E-state index is 12.0. The van der Waals surface area contributed by atoms with Crippen molar-refractivity contribution in [1.82, 2.24) is 9.97 Å². The van der Waals surface area contributed by atoms with Gasteiger partial charge in [-0.3, -0.25) is 4.79 Å². The number of hydrogen-bond donors (Lipinski definition) is 2. The van der Waals surface area contributed by atoms with Crippen molar-refractivity contribution in [3.05, 3.63) is 48.4 Å². The molecule has 1 unspecified atom stereocenters. The summed E-state index contributed by atoms with van der Waals surface area (Å²) >= 11 is 0. The van der Waals surface area contributed by atoms with Crippen LogP contribution in [0.15, 0.2) is 42.7 Å². The number of nitrogens with zero attached hydrogens (tertiary/aromatic N) is 2. The van der Waals surface area contributed by atoms with E-state index in [2.05, 4.69) is 20.6 Å². The molecule has 6 heteroatoms. The second-order valence-corrected chi connectivity index (χ2v) is 5.12. The first kappa shape index (κ1) is 14.5. The Morgan fingerprint density at radius 1 is 1.23 bits per heavy atom. The number of rotatable bonds is 5. The molecule has 1 aliphatic heterocycles. The molecule has 1 aliphatic rings. The molecule has 0 bridgehead atoms. The van der Waals surface area contributed by atoms with Gasteiger partial charge in [0.25, 0.3) is 5.91 Å². The second-order valence-electron chi connectivity index (χ2n) is 5.12. The van der Waals surface area contributed by atoms with E-state index < -0.39 is 0 Å². The Morgan fingerprint density at radius 3 is 2.77 bits per heavy atom. The van der Waals surface area contributed by atoms with Crippen LogP contribution in [0, 0.1) is 0 Å². The zero-order valence-corrected chi connectivity index (χ0v) is 12.2. The molecule has 114 valence electrons. The smallest absolute Gasteiger partial charge is 0.275 e. The molecule has 1 atom stereocenters. The van der Waals surface area contributed by atoms with E-state index in [4.69, 9.17) is 4.74 Å². The van der Waals surface area contributed by atoms with Gasteiger partial charge in [0.2, 0.25) is 0 Å². The minimum Gasteiger partial charge on any atom is -0.376 e. The van der Waals surface area contributed by atoms with Crippen molar-refractivity contribution in [2.75, 3.05) is 23.8 Å². The maximum Gasteiger partial charge on any atom is 0.275 e. The summed E-state index contributed by atoms with van der Waals surface area (Å²) < 4.78 is 5.53. The predicted octanol–water partition coefficient (Wildman–Crippen LogP) is 2.32. The van der Waals surface area contributed by atoms with Crippen LogP contribution in [0.4, 0.5) is 11.5 Å². The van der Waals surface area contributed by atoms with E-state index in [-0.39, 0.29) is 17.7 Å². The zero-order valence-electron chi connectivity index (χ0n) is 12.2. The van der Waals surface area contributed by atoms with Crippen molar-refractivity contribution in [1.29, 1.82) is 0 Å². The first-order valence-electron chi connectivity index (χ1n) is 7.35. The summed E-state index contributed by atoms with van der Waals surface area (Å²) in [6, 6.07) is 9.26. The highest BCUT2D eigenvalue weighted by molar-refractivity contribution is 6.02. The van der Waals surface area contributed by atoms with E-state index in [1.54, 1.807) is 6.20 Å². The van der Waals surface area contributed by atoms with Crippen LogP contribution in [0.3, 0.4) is 0 Å². The van der Waals surface area contributed by atoms with Gasteiger partial charge in [0.05, 0.1) is 18.5 Å². The molecule has 3 rings (SSSR count). The van der Waals surface area contributed by atoms with Gasteiger partial charge in [-0.2, -0.15) is 0 Å². The van der Waals surface area contributed by atoms with Crippen molar-refractivity contribution in [2.24, 2.45) is 0 Å². The lowest BCUT2D eigenvalue weighted by Gasteiger charge is -2.11. The van der Waals surface area contributed by atoms with Crippen LogP contribution >= 0.6 is 0 Å². The van der Waals surface area contributed by atoms with Crippen LogP contribution in [0.1, 0.15) is 23.3 Å². The zero-order chi connectivity index (χ0) is 15.2. The largest absolute Gasteiger partial charge is 0.376 e. The Balaban J connectivity index is 1.55. The summed E-state index contributed by atoms with van der Waals surface area (Å²) in [4.78, 5) is 20.4. The van der Waals surface area contributed by atoms with Gasteiger partial charge < -0.3 is 15.4 Å². The van der Waals surface area contributed by atoms with Crippen LogP contribution in [0.25, 0.3) is 0 Å². The van der Waals surface area contributed by atoms with Gasteiger partial charge in [-0.15, -0.1) is 0 Å². The van der Waals surface area contributed by atoms with Gasteiger partial charge in [-0.1, -0.05) is 18.2 Å². The van der Waals surface area contributed by atoms with Gasteiger partial charge in [-0.25, -0.2) is 9.97 Å². The van der Waals surface area contributed by atoms with Crippen LogP contribution in [0.5, 0.6) is 0 Å². The van der Waals surface area contributed by atoms with Crippen LogP contribution < -0.4 is 10.6 Å². The number of para-hydroxylation sites is 1. The average molecular weight is 298 g/mol. The number of ether oxygens (including phenoxy) is 1. The first-order valence-corrected chi connectivity index (χ1v) is 7.35. The third-order valence-corrected chi connectivity index (χ3v) is 3.45. The molecule has 2 N–H and O–H groups in total. The lowest BCUT2D eigenvalue weighted by Crippen LogP contribution is -2.19. The van der Waals surface area contributed by atoms with Gasteiger partial charge in [0.1, 0.15) is 11.5 Å². The molecule has 0 spiro atoms. The molecule has 6 nitrogen and oxygen atoms in total. The highest BCUT2D eigenvalue weighted by Crippen LogP contribution is 2.13. The summed E-state index contributed by atoms with van der Waals surface area (Å²) in [5, 5.41) is 5.94. The monoisotopic (exact) mass is 298 g/mol. The minimum absolute atomic E-state index is 0.239. The molecule has 1 fully saturated rings. The minimum atomic E-state index is -0.274. The number of carbonyl (C=O) groups is 1. The number of amides is 1. The van der Waals surface area contributed by atoms with Crippen LogP contribution in [0.2, 0.25) is 0 Å². The van der Waals surface area contributed by atoms with Crippen LogP contribution in [-0.4, -0.2) is 35.1 Å². The molecule has 1 aromatic heterocycles. The van der Waals surface area contributed by atoms with E-state index in [0.717, 1.165) is 25.1 Å². The summed E-state index contributed by atoms with van der Waals surface area (Å²) in [7, 11) is 0. The molecule has 0 aliphatic carbocycles. The lowest BCUT2D eigenvalue weighted by atomic mass is 10.2. The van der Waals surface area contributed by atoms with Gasteiger partial charge in [0, 0.05) is 18.8 Å². The molecular formula is C16H18N4O2. The van der Waals surface area contributed by atoms with E-state index in [0.29, 0.717) is 12.4 Å². The fourth-order valence-corrected chi connectivity index (χ4v) is 2.28. The fourth-order valence-electron chi connectivity index (χ4n) is 2.28. The summed E-state index contributed by atoms with van der Waals surface area (Å²) in [5.41, 5.74) is 1.02. The third kappa shape index (κ3) is 3.79. The van der Waals surface area contributed by atoms with E-state index >= 15 is 0 Å². The number of nitrogens with one attached hydrogen (secondary N) is 2. The molecule has 22 heavy (non-hydrogen) atoms. The molecule has 0 radical (unpaired) electrons. The van der Waals surface area contributed by atoms with Crippen molar-refractivity contribution in [2.45, 2.75) is 18.9 Å². The van der Waals surface area contributed by atoms with Crippen molar-refractivity contribution >= 4 is 17.4 Å². The Hall–Kier alpha value is -2.47. The molecule has 1 aromatic carbocycles. The molecule has 2 aromatic rings. The number of anilines is 2. The maximum atomic E-state index is 12.0. The van der Waals surface area contributed by atoms with E-state index in [9.17, 15) is 4.79 Å². The summed E-state index contributed by atoms with van der Waals surface area (Å²) in [6.07, 6.45) is 5.45. The number of benzene rings is 1. The first-order chi connectivity index (χ1) is 10.8. The van der Waals surface area contributed by atoms with Gasteiger partial charge in [-0.05, 0) is 25.0 Å². The third-order valence-electron chi connectivity index (χ3n) is 3.45. The van der Waals surface area contributed by atoms with Gasteiger partial charge >= 0.3 is 0 Å². The molecule has 1 saturated heterocycles. The molecule has 2 heterocycles.